The van der Waals surface area contributed by atoms with Crippen LogP contribution in [0.25, 0.3) is 0 Å². The van der Waals surface area contributed by atoms with Crippen LogP contribution in [-0.4, -0.2) is 0 Å². The Morgan fingerprint density at radius 3 is 2.80 bits per heavy atom. The quantitative estimate of drug-likeness (QED) is 0.601. The maximum atomic E-state index is 3.24. The predicted octanol–water partition coefficient (Wildman–Crippen LogP) is 2.11. The van der Waals surface area contributed by atoms with Crippen molar-refractivity contribution in [2.24, 2.45) is 11.8 Å². The summed E-state index contributed by atoms with van der Waals surface area (Å²) in [6.45, 7) is 0. The molecule has 2 aliphatic rings. The molecule has 0 bridgehead atoms. The van der Waals surface area contributed by atoms with Crippen molar-refractivity contribution in [2.45, 2.75) is 6.42 Å². The second-order valence-corrected chi connectivity index (χ2v) is 2.59. The van der Waals surface area contributed by atoms with E-state index in [9.17, 15) is 0 Å². The van der Waals surface area contributed by atoms with E-state index in [2.05, 4.69) is 36.5 Å². The van der Waals surface area contributed by atoms with E-state index in [0.717, 1.165) is 12.3 Å². The van der Waals surface area contributed by atoms with Crippen LogP contribution in [0.3, 0.4) is 0 Å². The molecule has 2 aliphatic carbocycles. The van der Waals surface area contributed by atoms with Crippen LogP contribution in [0.1, 0.15) is 6.42 Å². The minimum absolute atomic E-state index is 0. The molecular weight excluding hydrogens is 294 g/mol. The molecule has 1 radical (unpaired) electrons. The van der Waals surface area contributed by atoms with Crippen molar-refractivity contribution in [3.05, 3.63) is 36.5 Å². The number of allylic oxidation sites excluding steroid dienone is 6. The van der Waals surface area contributed by atoms with Crippen molar-refractivity contribution in [3.8, 4) is 0 Å². The van der Waals surface area contributed by atoms with Crippen molar-refractivity contribution in [1.29, 1.82) is 0 Å². The van der Waals surface area contributed by atoms with Crippen molar-refractivity contribution in [1.82, 2.24) is 0 Å². The number of fused-ring (bicyclic) bond motifs is 1. The average molecular weight is 303 g/mol. The monoisotopic (exact) mass is 304 g/mol. The van der Waals surface area contributed by atoms with Gasteiger partial charge in [0.1, 0.15) is 0 Å². The Balaban J connectivity index is 0.000000500. The van der Waals surface area contributed by atoms with Gasteiger partial charge in [0, 0.05) is 20.4 Å². The van der Waals surface area contributed by atoms with Crippen molar-refractivity contribution < 1.29 is 20.4 Å². The number of rotatable bonds is 0. The van der Waals surface area contributed by atoms with Crippen LogP contribution in [0, 0.1) is 17.9 Å². The van der Waals surface area contributed by atoms with Gasteiger partial charge < -0.3 is 6.08 Å². The number of hydrogen-bond acceptors (Lipinski definition) is 0. The standard InChI is InChI=1S/C9H9.Re/c1-2-5-9-7-3-6-8(9)4-1;/h1-2,4-6,8-9H,7H2;/q-1;. The summed E-state index contributed by atoms with van der Waals surface area (Å²) in [5.41, 5.74) is 0. The van der Waals surface area contributed by atoms with Crippen LogP contribution < -0.4 is 0 Å². The van der Waals surface area contributed by atoms with Crippen LogP contribution in [0.5, 0.6) is 0 Å². The molecule has 2 unspecified atom stereocenters. The fourth-order valence-electron chi connectivity index (χ4n) is 1.39. The molecule has 0 amide bonds. The second kappa shape index (κ2) is 3.33. The summed E-state index contributed by atoms with van der Waals surface area (Å²) in [6.07, 6.45) is 15.3. The molecule has 53 valence electrons. The van der Waals surface area contributed by atoms with Gasteiger partial charge in [-0.3, -0.25) is 6.08 Å². The van der Waals surface area contributed by atoms with Gasteiger partial charge in [-0.25, -0.2) is 0 Å². The van der Waals surface area contributed by atoms with Crippen molar-refractivity contribution in [3.63, 3.8) is 0 Å². The fraction of sp³-hybridized carbons (Fsp3) is 0.333. The van der Waals surface area contributed by atoms with Gasteiger partial charge in [-0.1, -0.05) is 24.3 Å². The third-order valence-electron chi connectivity index (χ3n) is 1.96. The molecule has 0 spiro atoms. The summed E-state index contributed by atoms with van der Waals surface area (Å²) < 4.78 is 0. The van der Waals surface area contributed by atoms with E-state index in [1.54, 1.807) is 0 Å². The van der Waals surface area contributed by atoms with Gasteiger partial charge in [0.2, 0.25) is 0 Å². The third-order valence-corrected chi connectivity index (χ3v) is 1.96. The minimum atomic E-state index is 0. The SMILES string of the molecule is [C-]1=CC2C=CC=CC2C1.[Re]. The molecule has 0 saturated heterocycles. The number of hydrogen-bond donors (Lipinski definition) is 0. The molecule has 2 rings (SSSR count). The van der Waals surface area contributed by atoms with E-state index in [-0.39, 0.29) is 20.4 Å². The summed E-state index contributed by atoms with van der Waals surface area (Å²) in [4.78, 5) is 0. The molecule has 0 aliphatic heterocycles. The predicted molar refractivity (Wildman–Crippen MR) is 37.7 cm³/mol. The molecule has 0 saturated carbocycles. The van der Waals surface area contributed by atoms with Crippen molar-refractivity contribution >= 4 is 0 Å². The Morgan fingerprint density at radius 2 is 2.00 bits per heavy atom. The van der Waals surface area contributed by atoms with Gasteiger partial charge in [-0.05, 0) is 11.8 Å². The molecule has 2 atom stereocenters. The van der Waals surface area contributed by atoms with E-state index in [1.807, 2.05) is 0 Å². The van der Waals surface area contributed by atoms with E-state index in [0.29, 0.717) is 5.92 Å². The molecule has 0 aromatic heterocycles. The second-order valence-electron chi connectivity index (χ2n) is 2.59. The van der Waals surface area contributed by atoms with E-state index in [1.165, 1.54) is 0 Å². The first-order chi connectivity index (χ1) is 4.47. The van der Waals surface area contributed by atoms with Gasteiger partial charge in [0.15, 0.2) is 0 Å². The zero-order chi connectivity index (χ0) is 6.10. The maximum Gasteiger partial charge on any atom is 0 e. The smallest absolute Gasteiger partial charge is 0 e. The zero-order valence-electron chi connectivity index (χ0n) is 5.63. The maximum absolute atomic E-state index is 3.24. The summed E-state index contributed by atoms with van der Waals surface area (Å²) >= 11 is 0. The minimum Gasteiger partial charge on any atom is -0.499 e. The Bertz CT molecular complexity index is 189. The first-order valence-electron chi connectivity index (χ1n) is 3.38. The first kappa shape index (κ1) is 7.98. The summed E-state index contributed by atoms with van der Waals surface area (Å²) in [7, 11) is 0. The molecule has 0 aromatic carbocycles. The van der Waals surface area contributed by atoms with E-state index in [4.69, 9.17) is 0 Å². The van der Waals surface area contributed by atoms with Crippen molar-refractivity contribution in [2.75, 3.05) is 0 Å². The van der Waals surface area contributed by atoms with Crippen LogP contribution in [0.4, 0.5) is 0 Å². The van der Waals surface area contributed by atoms with Gasteiger partial charge in [-0.2, -0.15) is 6.42 Å². The first-order valence-corrected chi connectivity index (χ1v) is 3.38. The molecule has 10 heavy (non-hydrogen) atoms. The van der Waals surface area contributed by atoms with Crippen LogP contribution in [-0.2, 0) is 20.4 Å². The summed E-state index contributed by atoms with van der Waals surface area (Å²) in [5, 5.41) is 0. The van der Waals surface area contributed by atoms with Gasteiger partial charge in [0.25, 0.3) is 0 Å². The largest absolute Gasteiger partial charge is 0.499 e. The normalized spacial score (nSPS) is 33.6. The molecule has 0 N–H and O–H groups in total. The third kappa shape index (κ3) is 1.31. The zero-order valence-corrected chi connectivity index (χ0v) is 8.34. The molecule has 1 heteroatoms. The molecule has 0 heterocycles. The Labute approximate surface area is 75.4 Å². The van der Waals surface area contributed by atoms with Gasteiger partial charge >= 0.3 is 0 Å². The Morgan fingerprint density at radius 1 is 1.20 bits per heavy atom. The molecule has 0 nitrogen and oxygen atoms in total. The summed E-state index contributed by atoms with van der Waals surface area (Å²) in [5.74, 6) is 1.39. The van der Waals surface area contributed by atoms with E-state index >= 15 is 0 Å². The summed E-state index contributed by atoms with van der Waals surface area (Å²) in [6, 6.07) is 0. The fourth-order valence-corrected chi connectivity index (χ4v) is 1.39. The molecule has 0 aromatic rings. The molecule has 0 fully saturated rings. The van der Waals surface area contributed by atoms with Crippen LogP contribution >= 0.6 is 0 Å². The van der Waals surface area contributed by atoms with Gasteiger partial charge in [-0.15, -0.1) is 0 Å². The van der Waals surface area contributed by atoms with Crippen LogP contribution in [0.15, 0.2) is 30.4 Å². The molecular formula is C9H9Re-. The van der Waals surface area contributed by atoms with Gasteiger partial charge in [0.05, 0.1) is 0 Å². The Hall–Kier alpha value is -0.118. The Kier molecular flexibility index (Phi) is 2.65. The van der Waals surface area contributed by atoms with E-state index < -0.39 is 0 Å². The average Bonchev–Trinajstić information content (AvgIpc) is 2.33. The van der Waals surface area contributed by atoms with Crippen LogP contribution in [0.2, 0.25) is 0 Å². The topological polar surface area (TPSA) is 0 Å².